The number of nitrogens with one attached hydrogen (secondary N) is 1. The molecule has 0 bridgehead atoms. The van der Waals surface area contributed by atoms with Gasteiger partial charge in [-0.1, -0.05) is 6.07 Å². The van der Waals surface area contributed by atoms with Gasteiger partial charge in [0.2, 0.25) is 12.7 Å². The van der Waals surface area contributed by atoms with Crippen molar-refractivity contribution in [1.29, 1.82) is 0 Å². The minimum atomic E-state index is -0.0636. The second kappa shape index (κ2) is 9.11. The monoisotopic (exact) mass is 388 g/mol. The van der Waals surface area contributed by atoms with Crippen molar-refractivity contribution < 1.29 is 14.3 Å². The minimum absolute atomic E-state index is 0.0636. The molecular weight excluding hydrogens is 356 g/mol. The lowest BCUT2D eigenvalue weighted by Gasteiger charge is -2.37. The van der Waals surface area contributed by atoms with Gasteiger partial charge in [-0.25, -0.2) is 0 Å². The van der Waals surface area contributed by atoms with Crippen molar-refractivity contribution in [2.24, 2.45) is 0 Å². The van der Waals surface area contributed by atoms with E-state index in [0.29, 0.717) is 6.79 Å². The van der Waals surface area contributed by atoms with Crippen molar-refractivity contribution in [3.8, 4) is 11.5 Å². The SMILES string of the molecule is CC(C(=O)NCCN1CCCC1)N1CCN(Cc2ccc3c(c2)OCO3)CC1. The Morgan fingerprint density at radius 1 is 1.04 bits per heavy atom. The van der Waals surface area contributed by atoms with E-state index in [2.05, 4.69) is 32.1 Å². The van der Waals surface area contributed by atoms with Crippen molar-refractivity contribution in [3.05, 3.63) is 23.8 Å². The zero-order valence-electron chi connectivity index (χ0n) is 16.9. The second-order valence-electron chi connectivity index (χ2n) is 8.02. The third kappa shape index (κ3) is 4.77. The Kier molecular flexibility index (Phi) is 6.34. The first kappa shape index (κ1) is 19.5. The first-order valence-electron chi connectivity index (χ1n) is 10.5. The van der Waals surface area contributed by atoms with Crippen molar-refractivity contribution in [1.82, 2.24) is 20.0 Å². The van der Waals surface area contributed by atoms with Crippen LogP contribution in [0.25, 0.3) is 0 Å². The van der Waals surface area contributed by atoms with E-state index < -0.39 is 0 Å². The number of ether oxygens (including phenoxy) is 2. The molecule has 2 fully saturated rings. The van der Waals surface area contributed by atoms with Crippen LogP contribution in [0.2, 0.25) is 0 Å². The highest BCUT2D eigenvalue weighted by atomic mass is 16.7. The number of hydrogen-bond acceptors (Lipinski definition) is 6. The molecular formula is C21H32N4O3. The number of carbonyl (C=O) groups excluding carboxylic acids is 1. The van der Waals surface area contributed by atoms with Crippen LogP contribution in [-0.4, -0.2) is 85.8 Å². The van der Waals surface area contributed by atoms with Gasteiger partial charge in [0, 0.05) is 45.8 Å². The van der Waals surface area contributed by atoms with Gasteiger partial charge in [0.05, 0.1) is 6.04 Å². The summed E-state index contributed by atoms with van der Waals surface area (Å²) in [5, 5.41) is 3.12. The van der Waals surface area contributed by atoms with Gasteiger partial charge in [0.1, 0.15) is 0 Å². The number of amides is 1. The van der Waals surface area contributed by atoms with Gasteiger partial charge in [0.15, 0.2) is 11.5 Å². The summed E-state index contributed by atoms with van der Waals surface area (Å²) >= 11 is 0. The molecule has 0 saturated carbocycles. The Bertz CT molecular complexity index is 670. The van der Waals surface area contributed by atoms with Gasteiger partial charge >= 0.3 is 0 Å². The maximum Gasteiger partial charge on any atom is 0.237 e. The van der Waals surface area contributed by atoms with Crippen LogP contribution in [0.3, 0.4) is 0 Å². The molecule has 0 spiro atoms. The molecule has 7 nitrogen and oxygen atoms in total. The van der Waals surface area contributed by atoms with Gasteiger partial charge in [-0.3, -0.25) is 14.6 Å². The quantitative estimate of drug-likeness (QED) is 0.756. The van der Waals surface area contributed by atoms with E-state index in [1.807, 2.05) is 13.0 Å². The molecule has 4 rings (SSSR count). The van der Waals surface area contributed by atoms with E-state index in [4.69, 9.17) is 9.47 Å². The van der Waals surface area contributed by atoms with Crippen molar-refractivity contribution >= 4 is 5.91 Å². The number of rotatable bonds is 7. The van der Waals surface area contributed by atoms with Gasteiger partial charge in [0.25, 0.3) is 0 Å². The molecule has 3 heterocycles. The molecule has 1 aromatic carbocycles. The normalized spacial score (nSPS) is 21.8. The molecule has 0 aromatic heterocycles. The Morgan fingerprint density at radius 2 is 1.79 bits per heavy atom. The highest BCUT2D eigenvalue weighted by Crippen LogP contribution is 2.32. The topological polar surface area (TPSA) is 57.3 Å². The smallest absolute Gasteiger partial charge is 0.237 e. The van der Waals surface area contributed by atoms with E-state index in [-0.39, 0.29) is 11.9 Å². The number of carbonyl (C=O) groups is 1. The summed E-state index contributed by atoms with van der Waals surface area (Å²) in [5.74, 6) is 1.83. The van der Waals surface area contributed by atoms with Crippen LogP contribution < -0.4 is 14.8 Å². The molecule has 7 heteroatoms. The molecule has 3 aliphatic heterocycles. The number of nitrogens with zero attached hydrogens (tertiary/aromatic N) is 3. The van der Waals surface area contributed by atoms with Crippen LogP contribution in [0.15, 0.2) is 18.2 Å². The Hall–Kier alpha value is -1.83. The molecule has 2 saturated heterocycles. The van der Waals surface area contributed by atoms with Crippen molar-refractivity contribution in [3.63, 3.8) is 0 Å². The lowest BCUT2D eigenvalue weighted by molar-refractivity contribution is -0.126. The molecule has 1 aromatic rings. The van der Waals surface area contributed by atoms with Gasteiger partial charge in [-0.05, 0) is 50.6 Å². The third-order valence-corrected chi connectivity index (χ3v) is 6.10. The largest absolute Gasteiger partial charge is 0.454 e. The third-order valence-electron chi connectivity index (χ3n) is 6.10. The van der Waals surface area contributed by atoms with Crippen molar-refractivity contribution in [2.75, 3.05) is 59.2 Å². The molecule has 1 unspecified atom stereocenters. The zero-order chi connectivity index (χ0) is 19.3. The second-order valence-corrected chi connectivity index (χ2v) is 8.02. The average molecular weight is 389 g/mol. The van der Waals surface area contributed by atoms with E-state index >= 15 is 0 Å². The molecule has 28 heavy (non-hydrogen) atoms. The molecule has 0 aliphatic carbocycles. The van der Waals surface area contributed by atoms with Crippen LogP contribution >= 0.6 is 0 Å². The van der Waals surface area contributed by atoms with E-state index in [1.165, 1.54) is 31.5 Å². The number of piperazine rings is 1. The molecule has 1 N–H and O–H groups in total. The summed E-state index contributed by atoms with van der Waals surface area (Å²) in [6, 6.07) is 6.11. The van der Waals surface area contributed by atoms with E-state index in [9.17, 15) is 4.79 Å². The fourth-order valence-corrected chi connectivity index (χ4v) is 4.26. The van der Waals surface area contributed by atoms with Gasteiger partial charge in [-0.2, -0.15) is 0 Å². The number of benzene rings is 1. The maximum atomic E-state index is 12.5. The predicted octanol–water partition coefficient (Wildman–Crippen LogP) is 1.13. The predicted molar refractivity (Wildman–Crippen MR) is 108 cm³/mol. The van der Waals surface area contributed by atoms with E-state index in [1.54, 1.807) is 0 Å². The van der Waals surface area contributed by atoms with Crippen LogP contribution in [0.4, 0.5) is 0 Å². The van der Waals surface area contributed by atoms with Crippen LogP contribution in [-0.2, 0) is 11.3 Å². The maximum absolute atomic E-state index is 12.5. The Balaban J connectivity index is 1.18. The molecule has 1 atom stereocenters. The number of hydrogen-bond donors (Lipinski definition) is 1. The highest BCUT2D eigenvalue weighted by molar-refractivity contribution is 5.81. The lowest BCUT2D eigenvalue weighted by Crippen LogP contribution is -2.54. The average Bonchev–Trinajstić information content (AvgIpc) is 3.39. The van der Waals surface area contributed by atoms with Gasteiger partial charge in [-0.15, -0.1) is 0 Å². The summed E-state index contributed by atoms with van der Waals surface area (Å²) in [6.07, 6.45) is 2.59. The first-order chi connectivity index (χ1) is 13.7. The molecule has 3 aliphatic rings. The number of likely N-dealkylation sites (tertiary alicyclic amines) is 1. The van der Waals surface area contributed by atoms with E-state index in [0.717, 1.165) is 57.3 Å². The highest BCUT2D eigenvalue weighted by Gasteiger charge is 2.26. The minimum Gasteiger partial charge on any atom is -0.454 e. The Labute approximate surface area is 167 Å². The number of fused-ring (bicyclic) bond motifs is 1. The standard InChI is InChI=1S/C21H32N4O3/c1-17(21(26)22-6-9-23-7-2-3-8-23)25-12-10-24(11-13-25)15-18-4-5-19-20(14-18)28-16-27-19/h4-5,14,17H,2-3,6-13,15-16H2,1H3,(H,22,26). The fraction of sp³-hybridized carbons (Fsp3) is 0.667. The summed E-state index contributed by atoms with van der Waals surface area (Å²) in [4.78, 5) is 19.6. The molecule has 154 valence electrons. The van der Waals surface area contributed by atoms with Crippen LogP contribution in [0.5, 0.6) is 11.5 Å². The zero-order valence-corrected chi connectivity index (χ0v) is 16.9. The first-order valence-corrected chi connectivity index (χ1v) is 10.5. The summed E-state index contributed by atoms with van der Waals surface area (Å²) in [5.41, 5.74) is 1.24. The van der Waals surface area contributed by atoms with Crippen LogP contribution in [0.1, 0.15) is 25.3 Å². The lowest BCUT2D eigenvalue weighted by atomic mass is 10.1. The van der Waals surface area contributed by atoms with Gasteiger partial charge < -0.3 is 19.7 Å². The van der Waals surface area contributed by atoms with Crippen molar-refractivity contribution in [2.45, 2.75) is 32.4 Å². The van der Waals surface area contributed by atoms with Crippen LogP contribution in [0, 0.1) is 0 Å². The summed E-state index contributed by atoms with van der Waals surface area (Å²) in [7, 11) is 0. The summed E-state index contributed by atoms with van der Waals surface area (Å²) < 4.78 is 10.9. The molecule has 0 radical (unpaired) electrons. The summed E-state index contributed by atoms with van der Waals surface area (Å²) in [6.45, 7) is 11.1. The molecule has 1 amide bonds. The fourth-order valence-electron chi connectivity index (χ4n) is 4.26. The Morgan fingerprint density at radius 3 is 2.57 bits per heavy atom.